The molecule has 0 atom stereocenters. The Balaban J connectivity index is 2.62. The van der Waals surface area contributed by atoms with Gasteiger partial charge in [-0.05, 0) is 31.0 Å². The molecule has 0 radical (unpaired) electrons. The van der Waals surface area contributed by atoms with Crippen molar-refractivity contribution in [3.63, 3.8) is 0 Å². The maximum atomic E-state index is 12.6. The van der Waals surface area contributed by atoms with Crippen molar-refractivity contribution in [2.45, 2.75) is 33.1 Å². The molecule has 1 aromatic rings. The lowest BCUT2D eigenvalue weighted by molar-refractivity contribution is -0.141. The zero-order valence-electron chi connectivity index (χ0n) is 15.7. The monoisotopic (exact) mass is 364 g/mol. The summed E-state index contributed by atoms with van der Waals surface area (Å²) in [6.45, 7) is 5.20. The molecule has 0 spiro atoms. The average molecular weight is 364 g/mol. The number of ether oxygens (including phenoxy) is 2. The minimum absolute atomic E-state index is 0.0686. The summed E-state index contributed by atoms with van der Waals surface area (Å²) in [5, 5.41) is 2.70. The van der Waals surface area contributed by atoms with E-state index in [-0.39, 0.29) is 30.6 Å². The van der Waals surface area contributed by atoms with E-state index in [1.807, 2.05) is 31.2 Å². The predicted octanol–water partition coefficient (Wildman–Crippen LogP) is 1.55. The van der Waals surface area contributed by atoms with Gasteiger partial charge in [0.2, 0.25) is 11.8 Å². The van der Waals surface area contributed by atoms with Crippen LogP contribution in [0.15, 0.2) is 24.3 Å². The molecule has 7 nitrogen and oxygen atoms in total. The van der Waals surface area contributed by atoms with E-state index in [2.05, 4.69) is 10.1 Å². The molecular weight excluding hydrogens is 336 g/mol. The lowest BCUT2D eigenvalue weighted by Crippen LogP contribution is -2.36. The van der Waals surface area contributed by atoms with E-state index in [0.717, 1.165) is 11.3 Å². The molecule has 0 aromatic heterocycles. The van der Waals surface area contributed by atoms with E-state index in [1.54, 1.807) is 4.90 Å². The fraction of sp³-hybridized carbons (Fsp3) is 0.526. The number of carbonyl (C=O) groups excluding carboxylic acids is 3. The molecule has 1 aromatic carbocycles. The van der Waals surface area contributed by atoms with Crippen molar-refractivity contribution in [2.24, 2.45) is 0 Å². The zero-order chi connectivity index (χ0) is 19.4. The number of nitrogens with zero attached hydrogens (tertiary/aromatic N) is 1. The van der Waals surface area contributed by atoms with E-state index in [9.17, 15) is 14.4 Å². The summed E-state index contributed by atoms with van der Waals surface area (Å²) in [7, 11) is 1.32. The van der Waals surface area contributed by atoms with Crippen molar-refractivity contribution in [3.05, 3.63) is 29.8 Å². The second kappa shape index (κ2) is 11.9. The Hall–Kier alpha value is -2.57. The van der Waals surface area contributed by atoms with Crippen LogP contribution in [-0.2, 0) is 25.5 Å². The van der Waals surface area contributed by atoms with Crippen LogP contribution in [0.3, 0.4) is 0 Å². The third-order valence-corrected chi connectivity index (χ3v) is 3.73. The quantitative estimate of drug-likeness (QED) is 0.476. The summed E-state index contributed by atoms with van der Waals surface area (Å²) >= 11 is 0. The second-order valence-electron chi connectivity index (χ2n) is 5.80. The number of esters is 1. The molecule has 0 unspecified atom stereocenters. The largest absolute Gasteiger partial charge is 0.494 e. The molecule has 0 aliphatic heterocycles. The highest BCUT2D eigenvalue weighted by Crippen LogP contribution is 2.13. The van der Waals surface area contributed by atoms with Gasteiger partial charge in [0.05, 0.1) is 26.6 Å². The molecule has 0 saturated heterocycles. The number of hydrogen-bond acceptors (Lipinski definition) is 5. The lowest BCUT2D eigenvalue weighted by Gasteiger charge is -2.22. The van der Waals surface area contributed by atoms with Gasteiger partial charge in [-0.25, -0.2) is 0 Å². The first-order valence-electron chi connectivity index (χ1n) is 8.77. The Morgan fingerprint density at radius 3 is 2.38 bits per heavy atom. The van der Waals surface area contributed by atoms with Crippen LogP contribution in [-0.4, -0.2) is 56.0 Å². The molecule has 0 aliphatic carbocycles. The SMILES string of the molecule is CCOc1ccc(CC(=O)N(CCCNC(C)=O)CCC(=O)OC)cc1. The number of benzene rings is 1. The summed E-state index contributed by atoms with van der Waals surface area (Å²) in [5.74, 6) is 0.236. The number of hydrogen-bond donors (Lipinski definition) is 1. The summed E-state index contributed by atoms with van der Waals surface area (Å²) in [6.07, 6.45) is 1.01. The highest BCUT2D eigenvalue weighted by molar-refractivity contribution is 5.79. The first kappa shape index (κ1) is 21.5. The number of rotatable bonds is 11. The molecule has 0 aliphatic rings. The minimum atomic E-state index is -0.356. The first-order valence-corrected chi connectivity index (χ1v) is 8.77. The fourth-order valence-corrected chi connectivity index (χ4v) is 2.38. The Morgan fingerprint density at radius 2 is 1.81 bits per heavy atom. The Kier molecular flexibility index (Phi) is 9.82. The molecule has 0 fully saturated rings. The third-order valence-electron chi connectivity index (χ3n) is 3.73. The topological polar surface area (TPSA) is 84.9 Å². The molecule has 144 valence electrons. The van der Waals surface area contributed by atoms with Gasteiger partial charge in [-0.15, -0.1) is 0 Å². The van der Waals surface area contributed by atoms with Crippen LogP contribution in [0.25, 0.3) is 0 Å². The van der Waals surface area contributed by atoms with Crippen molar-refractivity contribution in [2.75, 3.05) is 33.4 Å². The number of methoxy groups -OCH3 is 1. The van der Waals surface area contributed by atoms with Gasteiger partial charge in [-0.2, -0.15) is 0 Å². The van der Waals surface area contributed by atoms with E-state index in [4.69, 9.17) is 4.74 Å². The lowest BCUT2D eigenvalue weighted by atomic mass is 10.1. The standard InChI is InChI=1S/C19H28N2O5/c1-4-26-17-8-6-16(7-9-17)14-18(23)21(13-10-19(24)25-3)12-5-11-20-15(2)22/h6-9H,4-5,10-14H2,1-3H3,(H,20,22). The van der Waals surface area contributed by atoms with Crippen molar-refractivity contribution >= 4 is 17.8 Å². The van der Waals surface area contributed by atoms with Crippen LogP contribution >= 0.6 is 0 Å². The normalized spacial score (nSPS) is 10.1. The maximum Gasteiger partial charge on any atom is 0.307 e. The summed E-state index contributed by atoms with van der Waals surface area (Å²) in [6, 6.07) is 7.39. The van der Waals surface area contributed by atoms with Gasteiger partial charge in [-0.1, -0.05) is 12.1 Å². The van der Waals surface area contributed by atoms with Crippen molar-refractivity contribution in [1.29, 1.82) is 0 Å². The number of nitrogens with one attached hydrogen (secondary N) is 1. The van der Waals surface area contributed by atoms with Crippen LogP contribution in [0, 0.1) is 0 Å². The van der Waals surface area contributed by atoms with E-state index < -0.39 is 0 Å². The van der Waals surface area contributed by atoms with Crippen LogP contribution in [0.5, 0.6) is 5.75 Å². The first-order chi connectivity index (χ1) is 12.5. The van der Waals surface area contributed by atoms with Gasteiger partial charge in [-0.3, -0.25) is 14.4 Å². The maximum absolute atomic E-state index is 12.6. The molecule has 0 saturated carbocycles. The van der Waals surface area contributed by atoms with E-state index in [1.165, 1.54) is 14.0 Å². The van der Waals surface area contributed by atoms with Gasteiger partial charge < -0.3 is 19.7 Å². The highest BCUT2D eigenvalue weighted by atomic mass is 16.5. The van der Waals surface area contributed by atoms with Crippen molar-refractivity contribution < 1.29 is 23.9 Å². The molecule has 26 heavy (non-hydrogen) atoms. The van der Waals surface area contributed by atoms with Crippen molar-refractivity contribution in [1.82, 2.24) is 10.2 Å². The van der Waals surface area contributed by atoms with Gasteiger partial charge in [0.15, 0.2) is 0 Å². The molecular formula is C19H28N2O5. The summed E-state index contributed by atoms with van der Waals surface area (Å²) in [5.41, 5.74) is 0.878. The minimum Gasteiger partial charge on any atom is -0.494 e. The number of amides is 2. The average Bonchev–Trinajstić information content (AvgIpc) is 2.62. The van der Waals surface area contributed by atoms with Gasteiger partial charge in [0.25, 0.3) is 0 Å². The Bertz CT molecular complexity index is 586. The van der Waals surface area contributed by atoms with Crippen LogP contribution in [0.4, 0.5) is 0 Å². The summed E-state index contributed by atoms with van der Waals surface area (Å²) in [4.78, 5) is 36.6. The Labute approximate surface area is 154 Å². The molecule has 2 amide bonds. The summed E-state index contributed by atoms with van der Waals surface area (Å²) < 4.78 is 10.0. The van der Waals surface area contributed by atoms with E-state index >= 15 is 0 Å². The Morgan fingerprint density at radius 1 is 1.12 bits per heavy atom. The van der Waals surface area contributed by atoms with Gasteiger partial charge >= 0.3 is 5.97 Å². The zero-order valence-corrected chi connectivity index (χ0v) is 15.7. The second-order valence-corrected chi connectivity index (χ2v) is 5.80. The van der Waals surface area contributed by atoms with Gasteiger partial charge in [0.1, 0.15) is 5.75 Å². The van der Waals surface area contributed by atoms with Crippen LogP contribution < -0.4 is 10.1 Å². The van der Waals surface area contributed by atoms with Crippen molar-refractivity contribution in [3.8, 4) is 5.75 Å². The van der Waals surface area contributed by atoms with Crippen LogP contribution in [0.1, 0.15) is 32.3 Å². The molecule has 0 heterocycles. The molecule has 1 N–H and O–H groups in total. The molecule has 1 rings (SSSR count). The van der Waals surface area contributed by atoms with Gasteiger partial charge in [0, 0.05) is 26.6 Å². The molecule has 7 heteroatoms. The smallest absolute Gasteiger partial charge is 0.307 e. The molecule has 0 bridgehead atoms. The third kappa shape index (κ3) is 8.50. The highest BCUT2D eigenvalue weighted by Gasteiger charge is 2.15. The predicted molar refractivity (Wildman–Crippen MR) is 97.8 cm³/mol. The number of carbonyl (C=O) groups is 3. The van der Waals surface area contributed by atoms with Crippen LogP contribution in [0.2, 0.25) is 0 Å². The fourth-order valence-electron chi connectivity index (χ4n) is 2.38. The van der Waals surface area contributed by atoms with E-state index in [0.29, 0.717) is 32.7 Å².